The first-order valence-electron chi connectivity index (χ1n) is 4.77. The molecule has 5 nitrogen and oxygen atoms in total. The van der Waals surface area contributed by atoms with Gasteiger partial charge in [-0.15, -0.1) is 0 Å². The number of hydrogen-bond acceptors (Lipinski definition) is 5. The van der Waals surface area contributed by atoms with Crippen molar-refractivity contribution in [1.82, 2.24) is 9.97 Å². The molecule has 0 atom stereocenters. The predicted molar refractivity (Wildman–Crippen MR) is 65.6 cm³/mol. The van der Waals surface area contributed by atoms with Gasteiger partial charge in [0.05, 0.1) is 15.9 Å². The molecular formula is C9H11F3IN3O2. The van der Waals surface area contributed by atoms with Gasteiger partial charge in [-0.05, 0) is 22.6 Å². The van der Waals surface area contributed by atoms with Gasteiger partial charge in [-0.25, -0.2) is 9.97 Å². The Morgan fingerprint density at radius 1 is 1.28 bits per heavy atom. The van der Waals surface area contributed by atoms with Gasteiger partial charge < -0.3 is 15.2 Å². The van der Waals surface area contributed by atoms with E-state index in [-0.39, 0.29) is 24.9 Å². The normalized spacial score (nSPS) is 11.8. The molecule has 0 bridgehead atoms. The molecule has 1 aromatic rings. The Balaban J connectivity index is 2.72. The molecule has 0 unspecified atom stereocenters. The molecule has 9 heteroatoms. The smallest absolute Gasteiger partial charge is 0.383 e. The van der Waals surface area contributed by atoms with Crippen molar-refractivity contribution in [3.05, 3.63) is 15.1 Å². The number of ether oxygens (including phenoxy) is 2. The van der Waals surface area contributed by atoms with E-state index in [1.165, 1.54) is 7.11 Å². The number of halogens is 4. The van der Waals surface area contributed by atoms with Crippen LogP contribution in [0.25, 0.3) is 0 Å². The molecule has 0 aliphatic rings. The van der Waals surface area contributed by atoms with E-state index in [2.05, 4.69) is 14.7 Å². The third-order valence-electron chi connectivity index (χ3n) is 1.77. The summed E-state index contributed by atoms with van der Waals surface area (Å²) in [7, 11) is 1.48. The maximum Gasteiger partial charge on any atom is 0.411 e. The van der Waals surface area contributed by atoms with Crippen molar-refractivity contribution in [3.63, 3.8) is 0 Å². The van der Waals surface area contributed by atoms with Crippen LogP contribution in [-0.2, 0) is 22.7 Å². The lowest BCUT2D eigenvalue weighted by molar-refractivity contribution is -0.177. The van der Waals surface area contributed by atoms with Gasteiger partial charge in [0.1, 0.15) is 19.0 Å². The Labute approximate surface area is 115 Å². The summed E-state index contributed by atoms with van der Waals surface area (Å²) in [4.78, 5) is 7.87. The molecule has 1 rings (SSSR count). The molecule has 102 valence electrons. The van der Waals surface area contributed by atoms with E-state index in [1.807, 2.05) is 22.6 Å². The average molecular weight is 377 g/mol. The van der Waals surface area contributed by atoms with E-state index in [1.54, 1.807) is 0 Å². The molecule has 2 N–H and O–H groups in total. The van der Waals surface area contributed by atoms with E-state index in [0.29, 0.717) is 9.26 Å². The molecule has 18 heavy (non-hydrogen) atoms. The summed E-state index contributed by atoms with van der Waals surface area (Å²) < 4.78 is 45.7. The maximum atomic E-state index is 11.9. The van der Waals surface area contributed by atoms with Gasteiger partial charge in [0.2, 0.25) is 0 Å². The summed E-state index contributed by atoms with van der Waals surface area (Å²) in [6.07, 6.45) is -4.37. The van der Waals surface area contributed by atoms with Crippen molar-refractivity contribution < 1.29 is 22.6 Å². The van der Waals surface area contributed by atoms with Gasteiger partial charge in [-0.1, -0.05) is 0 Å². The monoisotopic (exact) mass is 377 g/mol. The molecule has 0 fully saturated rings. The Morgan fingerprint density at radius 2 is 1.94 bits per heavy atom. The summed E-state index contributed by atoms with van der Waals surface area (Å²) in [6, 6.07) is 0. The molecule has 0 radical (unpaired) electrons. The highest BCUT2D eigenvalue weighted by atomic mass is 127. The van der Waals surface area contributed by atoms with Crippen molar-refractivity contribution in [1.29, 1.82) is 0 Å². The topological polar surface area (TPSA) is 70.3 Å². The first kappa shape index (κ1) is 15.4. The Kier molecular flexibility index (Phi) is 5.53. The van der Waals surface area contributed by atoms with E-state index in [9.17, 15) is 13.2 Å². The molecule has 0 amide bonds. The fourth-order valence-corrected chi connectivity index (χ4v) is 1.52. The van der Waals surface area contributed by atoms with Crippen molar-refractivity contribution in [3.8, 4) is 0 Å². The third-order valence-corrected chi connectivity index (χ3v) is 2.94. The highest BCUT2D eigenvalue weighted by Crippen LogP contribution is 2.18. The highest BCUT2D eigenvalue weighted by Gasteiger charge is 2.27. The fourth-order valence-electron chi connectivity index (χ4n) is 1.12. The molecular weight excluding hydrogens is 366 g/mol. The van der Waals surface area contributed by atoms with Crippen LogP contribution in [0.5, 0.6) is 0 Å². The SMILES string of the molecule is COCc1nc(COCC(F)(F)F)nc(N)c1I. The second-order valence-corrected chi connectivity index (χ2v) is 4.41. The summed E-state index contributed by atoms with van der Waals surface area (Å²) in [5.41, 5.74) is 6.14. The number of nitrogens with two attached hydrogens (primary N) is 1. The number of alkyl halides is 3. The number of rotatable bonds is 5. The van der Waals surface area contributed by atoms with Gasteiger partial charge in [0.25, 0.3) is 0 Å². The molecule has 0 saturated heterocycles. The number of nitrogen functional groups attached to an aromatic ring is 1. The van der Waals surface area contributed by atoms with Crippen molar-refractivity contribution in [2.45, 2.75) is 19.4 Å². The molecule has 0 spiro atoms. The largest absolute Gasteiger partial charge is 0.411 e. The number of methoxy groups -OCH3 is 1. The zero-order valence-electron chi connectivity index (χ0n) is 9.42. The number of aromatic nitrogens is 2. The number of nitrogens with zero attached hydrogens (tertiary/aromatic N) is 2. The minimum atomic E-state index is -4.37. The van der Waals surface area contributed by atoms with Gasteiger partial charge in [-0.2, -0.15) is 13.2 Å². The summed E-state index contributed by atoms with van der Waals surface area (Å²) >= 11 is 1.94. The van der Waals surface area contributed by atoms with E-state index in [0.717, 1.165) is 0 Å². The molecule has 0 saturated carbocycles. The summed E-state index contributed by atoms with van der Waals surface area (Å²) in [6.45, 7) is -1.49. The quantitative estimate of drug-likeness (QED) is 0.794. The van der Waals surface area contributed by atoms with E-state index in [4.69, 9.17) is 10.5 Å². The number of anilines is 1. The molecule has 1 heterocycles. The minimum absolute atomic E-state index is 0.101. The second-order valence-electron chi connectivity index (χ2n) is 3.33. The zero-order valence-corrected chi connectivity index (χ0v) is 11.6. The zero-order chi connectivity index (χ0) is 13.8. The van der Waals surface area contributed by atoms with Gasteiger partial charge in [-0.3, -0.25) is 0 Å². The van der Waals surface area contributed by atoms with Gasteiger partial charge >= 0.3 is 6.18 Å². The van der Waals surface area contributed by atoms with Crippen LogP contribution in [0.15, 0.2) is 0 Å². The molecule has 0 aliphatic carbocycles. The standard InChI is InChI=1S/C9H11F3IN3O2/c1-17-2-5-7(13)8(14)16-6(15-5)3-18-4-9(10,11)12/h2-4H2,1H3,(H2,14,15,16). The predicted octanol–water partition coefficient (Wildman–Crippen LogP) is 1.89. The third kappa shape index (κ3) is 4.90. The van der Waals surface area contributed by atoms with Gasteiger partial charge in [0.15, 0.2) is 5.82 Å². The molecule has 0 aromatic carbocycles. The highest BCUT2D eigenvalue weighted by molar-refractivity contribution is 14.1. The van der Waals surface area contributed by atoms with Crippen LogP contribution in [0.2, 0.25) is 0 Å². The number of hydrogen-bond donors (Lipinski definition) is 1. The Morgan fingerprint density at radius 3 is 2.50 bits per heavy atom. The maximum absolute atomic E-state index is 11.9. The van der Waals surface area contributed by atoms with Crippen molar-refractivity contribution in [2.24, 2.45) is 0 Å². The van der Waals surface area contributed by atoms with Crippen molar-refractivity contribution in [2.75, 3.05) is 19.5 Å². The van der Waals surface area contributed by atoms with Gasteiger partial charge in [0, 0.05) is 7.11 Å². The van der Waals surface area contributed by atoms with E-state index >= 15 is 0 Å². The van der Waals surface area contributed by atoms with Crippen LogP contribution in [0, 0.1) is 3.57 Å². The van der Waals surface area contributed by atoms with Crippen LogP contribution in [0.4, 0.5) is 19.0 Å². The minimum Gasteiger partial charge on any atom is -0.383 e. The van der Waals surface area contributed by atoms with Crippen LogP contribution >= 0.6 is 22.6 Å². The molecule has 0 aliphatic heterocycles. The Bertz CT molecular complexity index is 415. The average Bonchev–Trinajstić information content (AvgIpc) is 2.23. The first-order chi connectivity index (χ1) is 8.33. The van der Waals surface area contributed by atoms with Crippen LogP contribution in [-0.4, -0.2) is 29.9 Å². The molecule has 1 aromatic heterocycles. The lowest BCUT2D eigenvalue weighted by Gasteiger charge is -2.10. The van der Waals surface area contributed by atoms with Crippen LogP contribution in [0.3, 0.4) is 0 Å². The lowest BCUT2D eigenvalue weighted by atomic mass is 10.4. The first-order valence-corrected chi connectivity index (χ1v) is 5.85. The second kappa shape index (κ2) is 6.48. The van der Waals surface area contributed by atoms with Crippen LogP contribution in [0.1, 0.15) is 11.5 Å². The van der Waals surface area contributed by atoms with Crippen molar-refractivity contribution >= 4 is 28.4 Å². The van der Waals surface area contributed by atoms with E-state index < -0.39 is 12.8 Å². The summed E-state index contributed by atoms with van der Waals surface area (Å²) in [5, 5.41) is 0. The lowest BCUT2D eigenvalue weighted by Crippen LogP contribution is -2.18. The van der Waals surface area contributed by atoms with Crippen LogP contribution < -0.4 is 5.73 Å². The Hall–Kier alpha value is -0.680. The summed E-state index contributed by atoms with van der Waals surface area (Å²) in [5.74, 6) is 0.299. The fraction of sp³-hybridized carbons (Fsp3) is 0.556.